The first-order valence-corrected chi connectivity index (χ1v) is 5.70. The van der Waals surface area contributed by atoms with Gasteiger partial charge in [0.15, 0.2) is 0 Å². The summed E-state index contributed by atoms with van der Waals surface area (Å²) in [5, 5.41) is 11.0. The lowest BCUT2D eigenvalue weighted by Gasteiger charge is -2.28. The van der Waals surface area contributed by atoms with Gasteiger partial charge in [-0.1, -0.05) is 0 Å². The van der Waals surface area contributed by atoms with Crippen molar-refractivity contribution in [2.45, 2.75) is 44.1 Å². The van der Waals surface area contributed by atoms with Crippen molar-refractivity contribution < 1.29 is 23.5 Å². The second-order valence-electron chi connectivity index (χ2n) is 4.46. The Labute approximate surface area is 104 Å². The molecule has 18 heavy (non-hydrogen) atoms. The van der Waals surface area contributed by atoms with Gasteiger partial charge in [0.25, 0.3) is 0 Å². The molecule has 1 aliphatic carbocycles. The Balaban J connectivity index is 2.59. The summed E-state index contributed by atoms with van der Waals surface area (Å²) in [6.45, 7) is 0. The number of carbonyl (C=O) groups excluding carboxylic acids is 1. The Bertz CT molecular complexity index is 376. The van der Waals surface area contributed by atoms with E-state index in [-0.39, 0.29) is 19.3 Å². The molecule has 2 atom stereocenters. The highest BCUT2D eigenvalue weighted by atomic mass is 19.3. The minimum atomic E-state index is -2.84. The van der Waals surface area contributed by atoms with Crippen LogP contribution in [0.1, 0.15) is 32.1 Å². The van der Waals surface area contributed by atoms with Crippen LogP contribution in [0.15, 0.2) is 0 Å². The number of rotatable bonds is 4. The number of carboxylic acids is 1. The van der Waals surface area contributed by atoms with E-state index in [1.807, 2.05) is 0 Å². The molecule has 4 nitrogen and oxygen atoms in total. The zero-order valence-corrected chi connectivity index (χ0v) is 9.79. The molecule has 100 valence electrons. The Morgan fingerprint density at radius 1 is 1.56 bits per heavy atom. The molecule has 2 N–H and O–H groups in total. The Kier molecular flexibility index (Phi) is 4.65. The average molecular weight is 259 g/mol. The maximum absolute atomic E-state index is 13.1. The molecule has 0 aromatic carbocycles. The average Bonchev–Trinajstić information content (AvgIpc) is 2.26. The third kappa shape index (κ3) is 3.99. The van der Waals surface area contributed by atoms with E-state index in [1.165, 1.54) is 0 Å². The zero-order chi connectivity index (χ0) is 13.8. The molecule has 6 heteroatoms. The van der Waals surface area contributed by atoms with Crippen molar-refractivity contribution in [1.82, 2.24) is 5.32 Å². The lowest BCUT2D eigenvalue weighted by atomic mass is 9.86. The largest absolute Gasteiger partial charge is 0.480 e. The number of hydrogen-bond donors (Lipinski definition) is 2. The van der Waals surface area contributed by atoms with E-state index < -0.39 is 36.2 Å². The van der Waals surface area contributed by atoms with Crippen LogP contribution >= 0.6 is 0 Å². The first-order chi connectivity index (χ1) is 8.35. The summed E-state index contributed by atoms with van der Waals surface area (Å²) in [7, 11) is 0. The molecular formula is C12H15F2NO3. The monoisotopic (exact) mass is 259 g/mol. The number of halogens is 2. The van der Waals surface area contributed by atoms with Gasteiger partial charge in [-0.05, 0) is 12.8 Å². The molecule has 1 saturated carbocycles. The van der Waals surface area contributed by atoms with Gasteiger partial charge in [0.2, 0.25) is 11.8 Å². The zero-order valence-electron chi connectivity index (χ0n) is 9.79. The standard InChI is InChI=1S/C12H15F2NO3/c1-2-4-9(11(17)18)15-10(16)8-5-3-6-12(13,14)7-8/h1,8-9H,3-7H2,(H,15,16)(H,17,18). The highest BCUT2D eigenvalue weighted by Gasteiger charge is 2.39. The van der Waals surface area contributed by atoms with Crippen LogP contribution in [-0.4, -0.2) is 28.9 Å². The van der Waals surface area contributed by atoms with Crippen LogP contribution < -0.4 is 5.32 Å². The van der Waals surface area contributed by atoms with Crippen molar-refractivity contribution in [3.05, 3.63) is 0 Å². The van der Waals surface area contributed by atoms with E-state index in [2.05, 4.69) is 11.2 Å². The van der Waals surface area contributed by atoms with Crippen LogP contribution in [0.5, 0.6) is 0 Å². The maximum atomic E-state index is 13.1. The van der Waals surface area contributed by atoms with Crippen LogP contribution in [0.2, 0.25) is 0 Å². The van der Waals surface area contributed by atoms with Gasteiger partial charge in [-0.2, -0.15) is 0 Å². The van der Waals surface area contributed by atoms with Crippen LogP contribution in [0, 0.1) is 18.3 Å². The lowest BCUT2D eigenvalue weighted by Crippen LogP contribution is -2.45. The second-order valence-corrected chi connectivity index (χ2v) is 4.46. The van der Waals surface area contributed by atoms with Crippen LogP contribution in [0.3, 0.4) is 0 Å². The first kappa shape index (κ1) is 14.4. The van der Waals surface area contributed by atoms with Crippen molar-refractivity contribution in [2.75, 3.05) is 0 Å². The Morgan fingerprint density at radius 3 is 2.72 bits per heavy atom. The van der Waals surface area contributed by atoms with Crippen molar-refractivity contribution in [3.63, 3.8) is 0 Å². The van der Waals surface area contributed by atoms with Gasteiger partial charge in [0.1, 0.15) is 6.04 Å². The van der Waals surface area contributed by atoms with Crippen molar-refractivity contribution >= 4 is 11.9 Å². The number of carbonyl (C=O) groups is 2. The minimum absolute atomic E-state index is 0.163. The predicted octanol–water partition coefficient (Wildman–Crippen LogP) is 1.40. The molecule has 0 radical (unpaired) electrons. The molecule has 0 heterocycles. The fourth-order valence-electron chi connectivity index (χ4n) is 2.00. The van der Waals surface area contributed by atoms with Crippen molar-refractivity contribution in [3.8, 4) is 12.3 Å². The molecule has 1 rings (SSSR count). The summed E-state index contributed by atoms with van der Waals surface area (Å²) in [4.78, 5) is 22.5. The summed E-state index contributed by atoms with van der Waals surface area (Å²) in [5.41, 5.74) is 0. The van der Waals surface area contributed by atoms with E-state index in [0.717, 1.165) is 0 Å². The van der Waals surface area contributed by atoms with Gasteiger partial charge >= 0.3 is 5.97 Å². The van der Waals surface area contributed by atoms with Crippen molar-refractivity contribution in [1.29, 1.82) is 0 Å². The molecular weight excluding hydrogens is 244 g/mol. The number of terminal acetylenes is 1. The number of hydrogen-bond acceptors (Lipinski definition) is 2. The fraction of sp³-hybridized carbons (Fsp3) is 0.667. The first-order valence-electron chi connectivity index (χ1n) is 5.70. The molecule has 1 amide bonds. The van der Waals surface area contributed by atoms with Gasteiger partial charge < -0.3 is 10.4 Å². The van der Waals surface area contributed by atoms with Crippen molar-refractivity contribution in [2.24, 2.45) is 5.92 Å². The molecule has 0 aromatic rings. The molecule has 0 aromatic heterocycles. The molecule has 0 spiro atoms. The molecule has 1 fully saturated rings. The summed E-state index contributed by atoms with van der Waals surface area (Å²) in [5.74, 6) is -3.47. The normalized spacial score (nSPS) is 23.7. The third-order valence-electron chi connectivity index (χ3n) is 2.95. The smallest absolute Gasteiger partial charge is 0.327 e. The highest BCUT2D eigenvalue weighted by molar-refractivity contribution is 5.85. The lowest BCUT2D eigenvalue weighted by molar-refractivity contribution is -0.143. The van der Waals surface area contributed by atoms with E-state index >= 15 is 0 Å². The second kappa shape index (κ2) is 5.80. The Morgan fingerprint density at radius 2 is 2.22 bits per heavy atom. The van der Waals surface area contributed by atoms with Crippen LogP contribution in [-0.2, 0) is 9.59 Å². The predicted molar refractivity (Wildman–Crippen MR) is 59.9 cm³/mol. The number of nitrogens with one attached hydrogen (secondary N) is 1. The molecule has 0 aliphatic heterocycles. The van der Waals surface area contributed by atoms with E-state index in [9.17, 15) is 18.4 Å². The fourth-order valence-corrected chi connectivity index (χ4v) is 2.00. The van der Waals surface area contributed by atoms with E-state index in [4.69, 9.17) is 11.5 Å². The molecule has 0 bridgehead atoms. The van der Waals surface area contributed by atoms with Gasteiger partial charge in [-0.15, -0.1) is 12.3 Å². The summed E-state index contributed by atoms with van der Waals surface area (Å²) in [6.07, 6.45) is 4.68. The number of carboxylic acid groups (broad SMARTS) is 1. The van der Waals surface area contributed by atoms with E-state index in [0.29, 0.717) is 6.42 Å². The summed E-state index contributed by atoms with van der Waals surface area (Å²) >= 11 is 0. The maximum Gasteiger partial charge on any atom is 0.327 e. The summed E-state index contributed by atoms with van der Waals surface area (Å²) < 4.78 is 26.3. The molecule has 0 saturated heterocycles. The van der Waals surface area contributed by atoms with Crippen LogP contribution in [0.25, 0.3) is 0 Å². The Hall–Kier alpha value is -1.64. The molecule has 2 unspecified atom stereocenters. The van der Waals surface area contributed by atoms with Gasteiger partial charge in [-0.3, -0.25) is 4.79 Å². The molecule has 1 aliphatic rings. The SMILES string of the molecule is C#CCC(NC(=O)C1CCCC(F)(F)C1)C(=O)O. The quantitative estimate of drug-likeness (QED) is 0.750. The van der Waals surface area contributed by atoms with Gasteiger partial charge in [0.05, 0.1) is 0 Å². The number of alkyl halides is 2. The third-order valence-corrected chi connectivity index (χ3v) is 2.95. The van der Waals surface area contributed by atoms with Crippen LogP contribution in [0.4, 0.5) is 8.78 Å². The highest BCUT2D eigenvalue weighted by Crippen LogP contribution is 2.36. The number of amides is 1. The topological polar surface area (TPSA) is 66.4 Å². The number of aliphatic carboxylic acids is 1. The minimum Gasteiger partial charge on any atom is -0.480 e. The summed E-state index contributed by atoms with van der Waals surface area (Å²) in [6, 6.07) is -1.21. The van der Waals surface area contributed by atoms with Gasteiger partial charge in [-0.25, -0.2) is 13.6 Å². The van der Waals surface area contributed by atoms with Gasteiger partial charge in [0, 0.05) is 25.2 Å². The van der Waals surface area contributed by atoms with E-state index in [1.54, 1.807) is 0 Å².